The molecule has 3 rings (SSSR count). The van der Waals surface area contributed by atoms with E-state index in [1.54, 1.807) is 24.3 Å². The SMILES string of the molecule is CCOc1ccc(-c2cc(-c3ccccc3C(F)(F)F)c(C#N)c(N)n2)cc1. The molecule has 0 saturated carbocycles. The molecule has 4 nitrogen and oxygen atoms in total. The Morgan fingerprint density at radius 2 is 1.75 bits per heavy atom. The van der Waals surface area contributed by atoms with Crippen LogP contribution in [0.5, 0.6) is 5.75 Å². The summed E-state index contributed by atoms with van der Waals surface area (Å²) < 4.78 is 45.8. The molecule has 0 unspecified atom stereocenters. The van der Waals surface area contributed by atoms with E-state index < -0.39 is 11.7 Å². The standard InChI is InChI=1S/C21H16F3N3O/c1-2-28-14-9-7-13(8-10-14)19-11-16(17(12-25)20(26)27-19)15-5-3-4-6-18(15)21(22,23)24/h3-11H,2H2,1H3,(H2,26,27). The molecule has 2 N–H and O–H groups in total. The molecule has 0 aliphatic rings. The van der Waals surface area contributed by atoms with E-state index in [2.05, 4.69) is 4.98 Å². The summed E-state index contributed by atoms with van der Waals surface area (Å²) in [5, 5.41) is 9.44. The minimum atomic E-state index is -4.57. The number of nitriles is 1. The molecular formula is C21H16F3N3O. The van der Waals surface area contributed by atoms with E-state index >= 15 is 0 Å². The lowest BCUT2D eigenvalue weighted by atomic mass is 9.94. The molecule has 1 aromatic heterocycles. The summed E-state index contributed by atoms with van der Waals surface area (Å²) in [6.45, 7) is 2.38. The smallest absolute Gasteiger partial charge is 0.417 e. The highest BCUT2D eigenvalue weighted by Gasteiger charge is 2.34. The summed E-state index contributed by atoms with van der Waals surface area (Å²) in [5.74, 6) is 0.538. The average Bonchev–Trinajstić information content (AvgIpc) is 2.67. The molecule has 0 atom stereocenters. The molecule has 0 spiro atoms. The number of ether oxygens (including phenoxy) is 1. The quantitative estimate of drug-likeness (QED) is 0.665. The fourth-order valence-electron chi connectivity index (χ4n) is 2.90. The first-order valence-electron chi connectivity index (χ1n) is 8.45. The molecular weight excluding hydrogens is 367 g/mol. The van der Waals surface area contributed by atoms with Crippen molar-refractivity contribution in [3.8, 4) is 34.2 Å². The number of aromatic nitrogens is 1. The van der Waals surface area contributed by atoms with E-state index in [-0.39, 0.29) is 22.5 Å². The van der Waals surface area contributed by atoms with Gasteiger partial charge in [-0.3, -0.25) is 0 Å². The number of nitrogens with zero attached hydrogens (tertiary/aromatic N) is 2. The molecule has 0 fully saturated rings. The maximum Gasteiger partial charge on any atom is 0.417 e. The highest BCUT2D eigenvalue weighted by Crippen LogP contribution is 2.40. The Morgan fingerprint density at radius 1 is 1.07 bits per heavy atom. The lowest BCUT2D eigenvalue weighted by Gasteiger charge is -2.15. The van der Waals surface area contributed by atoms with Crippen molar-refractivity contribution < 1.29 is 17.9 Å². The number of pyridine rings is 1. The zero-order valence-electron chi connectivity index (χ0n) is 14.9. The van der Waals surface area contributed by atoms with Gasteiger partial charge in [-0.25, -0.2) is 4.98 Å². The summed E-state index contributed by atoms with van der Waals surface area (Å²) >= 11 is 0. The number of anilines is 1. The van der Waals surface area contributed by atoms with Gasteiger partial charge in [0.2, 0.25) is 0 Å². The summed E-state index contributed by atoms with van der Waals surface area (Å²) in [4.78, 5) is 4.20. The van der Waals surface area contributed by atoms with Crippen molar-refractivity contribution >= 4 is 5.82 Å². The van der Waals surface area contributed by atoms with Crippen LogP contribution >= 0.6 is 0 Å². The van der Waals surface area contributed by atoms with Crippen molar-refractivity contribution in [2.24, 2.45) is 0 Å². The first-order chi connectivity index (χ1) is 13.3. The van der Waals surface area contributed by atoms with Crippen LogP contribution in [-0.4, -0.2) is 11.6 Å². The lowest BCUT2D eigenvalue weighted by Crippen LogP contribution is -2.08. The lowest BCUT2D eigenvalue weighted by molar-refractivity contribution is -0.137. The Morgan fingerprint density at radius 3 is 2.36 bits per heavy atom. The summed E-state index contributed by atoms with van der Waals surface area (Å²) in [6, 6.07) is 15.3. The predicted molar refractivity (Wildman–Crippen MR) is 100 cm³/mol. The van der Waals surface area contributed by atoms with Gasteiger partial charge in [-0.1, -0.05) is 18.2 Å². The van der Waals surface area contributed by atoms with Gasteiger partial charge in [-0.15, -0.1) is 0 Å². The van der Waals surface area contributed by atoms with Crippen molar-refractivity contribution in [3.05, 3.63) is 65.7 Å². The number of nitrogen functional groups attached to an aromatic ring is 1. The second kappa shape index (κ2) is 7.61. The van der Waals surface area contributed by atoms with Crippen molar-refractivity contribution in [3.63, 3.8) is 0 Å². The highest BCUT2D eigenvalue weighted by molar-refractivity contribution is 5.82. The molecule has 142 valence electrons. The van der Waals surface area contributed by atoms with Crippen LogP contribution < -0.4 is 10.5 Å². The fraction of sp³-hybridized carbons (Fsp3) is 0.143. The van der Waals surface area contributed by atoms with E-state index in [9.17, 15) is 18.4 Å². The van der Waals surface area contributed by atoms with Gasteiger partial charge >= 0.3 is 6.18 Å². The molecule has 0 radical (unpaired) electrons. The van der Waals surface area contributed by atoms with Gasteiger partial charge in [0.15, 0.2) is 0 Å². The van der Waals surface area contributed by atoms with Gasteiger partial charge in [0.25, 0.3) is 0 Å². The van der Waals surface area contributed by atoms with E-state index in [1.807, 2.05) is 13.0 Å². The van der Waals surface area contributed by atoms with Crippen LogP contribution in [0.4, 0.5) is 19.0 Å². The van der Waals surface area contributed by atoms with Crippen molar-refractivity contribution in [1.82, 2.24) is 4.98 Å². The number of halogens is 3. The molecule has 2 aromatic carbocycles. The second-order valence-electron chi connectivity index (χ2n) is 5.93. The van der Waals surface area contributed by atoms with Gasteiger partial charge in [-0.05, 0) is 48.9 Å². The van der Waals surface area contributed by atoms with Crippen molar-refractivity contribution in [2.45, 2.75) is 13.1 Å². The zero-order valence-corrected chi connectivity index (χ0v) is 14.9. The Balaban J connectivity index is 2.19. The number of nitrogens with two attached hydrogens (primary N) is 1. The maximum atomic E-state index is 13.5. The third kappa shape index (κ3) is 3.76. The Kier molecular flexibility index (Phi) is 5.23. The first-order valence-corrected chi connectivity index (χ1v) is 8.45. The molecule has 7 heteroatoms. The van der Waals surface area contributed by atoms with Crippen LogP contribution in [0.2, 0.25) is 0 Å². The van der Waals surface area contributed by atoms with Crippen LogP contribution in [0.15, 0.2) is 54.6 Å². The van der Waals surface area contributed by atoms with Gasteiger partial charge in [0, 0.05) is 11.1 Å². The highest BCUT2D eigenvalue weighted by atomic mass is 19.4. The molecule has 0 bridgehead atoms. The van der Waals surface area contributed by atoms with Gasteiger partial charge < -0.3 is 10.5 Å². The average molecular weight is 383 g/mol. The molecule has 3 aromatic rings. The van der Waals surface area contributed by atoms with E-state index in [4.69, 9.17) is 10.5 Å². The summed E-state index contributed by atoms with van der Waals surface area (Å²) in [7, 11) is 0. The molecule has 1 heterocycles. The predicted octanol–water partition coefficient (Wildman–Crippen LogP) is 5.29. The Hall–Kier alpha value is -3.53. The Labute approximate surface area is 160 Å². The molecule has 0 saturated heterocycles. The normalized spacial score (nSPS) is 11.1. The summed E-state index contributed by atoms with van der Waals surface area (Å²) in [6.07, 6.45) is -4.57. The molecule has 28 heavy (non-hydrogen) atoms. The molecule has 0 aliphatic carbocycles. The first kappa shape index (κ1) is 19.2. The topological polar surface area (TPSA) is 71.9 Å². The van der Waals surface area contributed by atoms with Crippen molar-refractivity contribution in [2.75, 3.05) is 12.3 Å². The number of hydrogen-bond acceptors (Lipinski definition) is 4. The van der Waals surface area contributed by atoms with E-state index in [1.165, 1.54) is 24.3 Å². The monoisotopic (exact) mass is 383 g/mol. The van der Waals surface area contributed by atoms with Crippen LogP contribution in [0.3, 0.4) is 0 Å². The Bertz CT molecular complexity index is 1040. The third-order valence-electron chi connectivity index (χ3n) is 4.14. The van der Waals surface area contributed by atoms with Crippen LogP contribution in [-0.2, 0) is 6.18 Å². The maximum absolute atomic E-state index is 13.5. The summed E-state index contributed by atoms with van der Waals surface area (Å²) in [5.41, 5.74) is 5.96. The molecule has 0 aliphatic heterocycles. The van der Waals surface area contributed by atoms with Gasteiger partial charge in [0.1, 0.15) is 23.2 Å². The second-order valence-corrected chi connectivity index (χ2v) is 5.93. The van der Waals surface area contributed by atoms with Crippen LogP contribution in [0.25, 0.3) is 22.4 Å². The number of hydrogen-bond donors (Lipinski definition) is 1. The third-order valence-corrected chi connectivity index (χ3v) is 4.14. The minimum absolute atomic E-state index is 0.0896. The van der Waals surface area contributed by atoms with E-state index in [0.29, 0.717) is 23.6 Å². The van der Waals surface area contributed by atoms with Gasteiger partial charge in [-0.2, -0.15) is 18.4 Å². The van der Waals surface area contributed by atoms with Crippen LogP contribution in [0.1, 0.15) is 18.1 Å². The molecule has 0 amide bonds. The number of rotatable bonds is 4. The van der Waals surface area contributed by atoms with E-state index in [0.717, 1.165) is 6.07 Å². The number of benzene rings is 2. The fourth-order valence-corrected chi connectivity index (χ4v) is 2.90. The minimum Gasteiger partial charge on any atom is -0.494 e. The van der Waals surface area contributed by atoms with Crippen LogP contribution in [0, 0.1) is 11.3 Å². The largest absolute Gasteiger partial charge is 0.494 e. The zero-order chi connectivity index (χ0) is 20.3. The van der Waals surface area contributed by atoms with Crippen molar-refractivity contribution in [1.29, 1.82) is 5.26 Å². The number of alkyl halides is 3. The van der Waals surface area contributed by atoms with Gasteiger partial charge in [0.05, 0.1) is 17.9 Å².